The van der Waals surface area contributed by atoms with Gasteiger partial charge in [0.25, 0.3) is 0 Å². The summed E-state index contributed by atoms with van der Waals surface area (Å²) in [7, 11) is 0. The van der Waals surface area contributed by atoms with Crippen LogP contribution in [-0.2, 0) is 12.0 Å². The van der Waals surface area contributed by atoms with Crippen molar-refractivity contribution in [3.63, 3.8) is 0 Å². The van der Waals surface area contributed by atoms with E-state index in [2.05, 4.69) is 49.4 Å². The Morgan fingerprint density at radius 3 is 2.50 bits per heavy atom. The maximum absolute atomic E-state index is 11.1. The van der Waals surface area contributed by atoms with Gasteiger partial charge in [-0.05, 0) is 42.9 Å². The Bertz CT molecular complexity index is 556. The van der Waals surface area contributed by atoms with Crippen LogP contribution in [-0.4, -0.2) is 5.11 Å². The molecular weight excluding hydrogens is 220 g/mol. The molecule has 3 rings (SSSR count). The fourth-order valence-corrected chi connectivity index (χ4v) is 2.94. The second-order valence-corrected chi connectivity index (χ2v) is 5.24. The molecule has 1 aliphatic carbocycles. The minimum absolute atomic E-state index is 0.803. The van der Waals surface area contributed by atoms with Crippen molar-refractivity contribution in [2.75, 3.05) is 0 Å². The highest BCUT2D eigenvalue weighted by Gasteiger charge is 2.35. The first-order chi connectivity index (χ1) is 8.70. The third-order valence-electron chi connectivity index (χ3n) is 3.98. The summed E-state index contributed by atoms with van der Waals surface area (Å²) in [5.41, 5.74) is 3.81. The highest BCUT2D eigenvalue weighted by atomic mass is 16.3. The minimum atomic E-state index is -0.803. The average Bonchev–Trinajstić information content (AvgIpc) is 2.40. The molecule has 1 N–H and O–H groups in total. The second-order valence-electron chi connectivity index (χ2n) is 5.24. The molecule has 0 aromatic heterocycles. The van der Waals surface area contributed by atoms with E-state index >= 15 is 0 Å². The molecule has 0 heterocycles. The van der Waals surface area contributed by atoms with E-state index in [0.29, 0.717) is 0 Å². The zero-order valence-corrected chi connectivity index (χ0v) is 10.7. The molecule has 0 bridgehead atoms. The minimum Gasteiger partial charge on any atom is -0.380 e. The van der Waals surface area contributed by atoms with E-state index in [0.717, 1.165) is 30.4 Å². The number of aliphatic hydroxyl groups is 1. The van der Waals surface area contributed by atoms with Gasteiger partial charge in [0, 0.05) is 0 Å². The molecule has 0 spiro atoms. The molecule has 0 saturated carbocycles. The van der Waals surface area contributed by atoms with Crippen molar-refractivity contribution in [1.82, 2.24) is 0 Å². The van der Waals surface area contributed by atoms with Crippen LogP contribution in [0.25, 0.3) is 0 Å². The molecular formula is C17H18O. The molecule has 0 radical (unpaired) electrons. The van der Waals surface area contributed by atoms with Crippen molar-refractivity contribution in [2.45, 2.75) is 31.8 Å². The van der Waals surface area contributed by atoms with Crippen molar-refractivity contribution in [2.24, 2.45) is 0 Å². The first-order valence-corrected chi connectivity index (χ1v) is 6.58. The van der Waals surface area contributed by atoms with Gasteiger partial charge < -0.3 is 5.11 Å². The third-order valence-corrected chi connectivity index (χ3v) is 3.98. The highest BCUT2D eigenvalue weighted by Crippen LogP contribution is 2.40. The van der Waals surface area contributed by atoms with Gasteiger partial charge in [0.15, 0.2) is 0 Å². The standard InChI is InChI=1S/C17H18O/c1-13-8-10-15(11-9-13)17(18)12-4-6-14-5-2-3-7-16(14)17/h2-3,5,7-11,18H,4,6,12H2,1H3/t17-/m1/s1. The summed E-state index contributed by atoms with van der Waals surface area (Å²) >= 11 is 0. The summed E-state index contributed by atoms with van der Waals surface area (Å²) in [6, 6.07) is 16.5. The number of hydrogen-bond donors (Lipinski definition) is 1. The molecule has 1 nitrogen and oxygen atoms in total. The lowest BCUT2D eigenvalue weighted by atomic mass is 9.75. The quantitative estimate of drug-likeness (QED) is 0.805. The van der Waals surface area contributed by atoms with Crippen LogP contribution in [0.1, 0.15) is 35.1 Å². The van der Waals surface area contributed by atoms with Crippen LogP contribution in [0.3, 0.4) is 0 Å². The van der Waals surface area contributed by atoms with Crippen LogP contribution in [0.2, 0.25) is 0 Å². The Kier molecular flexibility index (Phi) is 2.71. The third kappa shape index (κ3) is 1.75. The van der Waals surface area contributed by atoms with Gasteiger partial charge in [-0.1, -0.05) is 54.1 Å². The summed E-state index contributed by atoms with van der Waals surface area (Å²) < 4.78 is 0. The van der Waals surface area contributed by atoms with Gasteiger partial charge in [0.2, 0.25) is 0 Å². The summed E-state index contributed by atoms with van der Waals surface area (Å²) in [6.07, 6.45) is 2.93. The molecule has 1 atom stereocenters. The van der Waals surface area contributed by atoms with Gasteiger partial charge in [0.05, 0.1) is 0 Å². The van der Waals surface area contributed by atoms with E-state index < -0.39 is 5.60 Å². The Morgan fingerprint density at radius 2 is 1.72 bits per heavy atom. The van der Waals surface area contributed by atoms with E-state index in [4.69, 9.17) is 0 Å². The Morgan fingerprint density at radius 1 is 1.00 bits per heavy atom. The summed E-state index contributed by atoms with van der Waals surface area (Å²) in [6.45, 7) is 2.07. The maximum atomic E-state index is 11.1. The molecule has 2 aromatic rings. The number of benzene rings is 2. The van der Waals surface area contributed by atoms with Crippen molar-refractivity contribution < 1.29 is 5.11 Å². The van der Waals surface area contributed by atoms with Gasteiger partial charge in [-0.3, -0.25) is 0 Å². The normalized spacial score (nSPS) is 22.6. The zero-order chi connectivity index (χ0) is 12.6. The molecule has 0 amide bonds. The number of rotatable bonds is 1. The molecule has 1 heteroatoms. The van der Waals surface area contributed by atoms with Crippen molar-refractivity contribution in [3.8, 4) is 0 Å². The van der Waals surface area contributed by atoms with E-state index in [-0.39, 0.29) is 0 Å². The number of aryl methyl sites for hydroxylation is 2. The lowest BCUT2D eigenvalue weighted by molar-refractivity contribution is 0.0616. The van der Waals surface area contributed by atoms with Crippen LogP contribution in [0, 0.1) is 6.92 Å². The van der Waals surface area contributed by atoms with E-state index in [1.165, 1.54) is 11.1 Å². The van der Waals surface area contributed by atoms with Crippen molar-refractivity contribution in [1.29, 1.82) is 0 Å². The maximum Gasteiger partial charge on any atom is 0.115 e. The molecule has 92 valence electrons. The lowest BCUT2D eigenvalue weighted by Gasteiger charge is -2.35. The smallest absolute Gasteiger partial charge is 0.115 e. The van der Waals surface area contributed by atoms with Crippen LogP contribution >= 0.6 is 0 Å². The molecule has 2 aromatic carbocycles. The van der Waals surface area contributed by atoms with Gasteiger partial charge in [0.1, 0.15) is 5.60 Å². The number of fused-ring (bicyclic) bond motifs is 1. The molecule has 0 fully saturated rings. The molecule has 18 heavy (non-hydrogen) atoms. The van der Waals surface area contributed by atoms with Gasteiger partial charge >= 0.3 is 0 Å². The Labute approximate surface area is 108 Å². The summed E-state index contributed by atoms with van der Waals surface area (Å²) in [4.78, 5) is 0. The van der Waals surface area contributed by atoms with Crippen LogP contribution in [0.4, 0.5) is 0 Å². The largest absolute Gasteiger partial charge is 0.380 e. The van der Waals surface area contributed by atoms with Crippen molar-refractivity contribution >= 4 is 0 Å². The van der Waals surface area contributed by atoms with Crippen molar-refractivity contribution in [3.05, 3.63) is 70.8 Å². The SMILES string of the molecule is Cc1ccc([C@]2(O)CCCc3ccccc32)cc1. The molecule has 1 aliphatic rings. The Hall–Kier alpha value is -1.60. The topological polar surface area (TPSA) is 20.2 Å². The van der Waals surface area contributed by atoms with E-state index in [9.17, 15) is 5.11 Å². The van der Waals surface area contributed by atoms with Crippen LogP contribution < -0.4 is 0 Å². The van der Waals surface area contributed by atoms with Crippen LogP contribution in [0.5, 0.6) is 0 Å². The Balaban J connectivity index is 2.13. The molecule has 0 saturated heterocycles. The molecule has 0 unspecified atom stereocenters. The second kappa shape index (κ2) is 4.25. The van der Waals surface area contributed by atoms with E-state index in [1.54, 1.807) is 0 Å². The van der Waals surface area contributed by atoms with Gasteiger partial charge in [-0.2, -0.15) is 0 Å². The fourth-order valence-electron chi connectivity index (χ4n) is 2.94. The average molecular weight is 238 g/mol. The zero-order valence-electron chi connectivity index (χ0n) is 10.7. The summed E-state index contributed by atoms with van der Waals surface area (Å²) in [5, 5.41) is 11.1. The monoisotopic (exact) mass is 238 g/mol. The fraction of sp³-hybridized carbons (Fsp3) is 0.294. The first kappa shape index (κ1) is 11.5. The summed E-state index contributed by atoms with van der Waals surface area (Å²) in [5.74, 6) is 0. The van der Waals surface area contributed by atoms with E-state index in [1.807, 2.05) is 6.07 Å². The van der Waals surface area contributed by atoms with Crippen LogP contribution in [0.15, 0.2) is 48.5 Å². The highest BCUT2D eigenvalue weighted by molar-refractivity contribution is 5.43. The predicted octanol–water partition coefficient (Wildman–Crippen LogP) is 3.57. The number of hydrogen-bond acceptors (Lipinski definition) is 1. The lowest BCUT2D eigenvalue weighted by Crippen LogP contribution is -2.31. The van der Waals surface area contributed by atoms with Gasteiger partial charge in [-0.25, -0.2) is 0 Å². The van der Waals surface area contributed by atoms with Gasteiger partial charge in [-0.15, -0.1) is 0 Å². The molecule has 0 aliphatic heterocycles. The first-order valence-electron chi connectivity index (χ1n) is 6.58. The predicted molar refractivity (Wildman–Crippen MR) is 73.6 cm³/mol.